The Balaban J connectivity index is 1.85. The zero-order chi connectivity index (χ0) is 31.4. The second-order valence-corrected chi connectivity index (χ2v) is 10.1. The average molecular weight is 587 g/mol. The molecule has 1 unspecified atom stereocenters. The number of hydrogen-bond acceptors (Lipinski definition) is 7. The maximum atomic E-state index is 13.9. The van der Waals surface area contributed by atoms with E-state index in [9.17, 15) is 14.4 Å². The van der Waals surface area contributed by atoms with E-state index in [0.29, 0.717) is 29.7 Å². The van der Waals surface area contributed by atoms with Crippen LogP contribution in [-0.2, 0) is 27.2 Å². The fraction of sp³-hybridized carbons (Fsp3) is 0.267. The number of benzene rings is 2. The highest BCUT2D eigenvalue weighted by Gasteiger charge is 2.29. The molecule has 13 heteroatoms. The Kier molecular flexibility index (Phi) is 11.6. The largest absolute Gasteiger partial charge is 0.399 e. The Morgan fingerprint density at radius 3 is 2.05 bits per heavy atom. The van der Waals surface area contributed by atoms with Crippen molar-refractivity contribution in [1.82, 2.24) is 15.6 Å². The molecule has 0 saturated carbocycles. The number of nitrogen functional groups attached to an aromatic ring is 2. The van der Waals surface area contributed by atoms with Crippen LogP contribution in [0.4, 0.5) is 5.69 Å². The molecule has 43 heavy (non-hydrogen) atoms. The van der Waals surface area contributed by atoms with Crippen LogP contribution in [0.2, 0.25) is 0 Å². The second-order valence-electron chi connectivity index (χ2n) is 10.1. The Labute approximate surface area is 249 Å². The van der Waals surface area contributed by atoms with Gasteiger partial charge in [-0.05, 0) is 54.2 Å². The lowest BCUT2D eigenvalue weighted by Gasteiger charge is -2.25. The van der Waals surface area contributed by atoms with Gasteiger partial charge in [-0.1, -0.05) is 42.5 Å². The molecule has 0 bridgehead atoms. The van der Waals surface area contributed by atoms with Gasteiger partial charge in [0.05, 0.1) is 5.92 Å². The summed E-state index contributed by atoms with van der Waals surface area (Å²) in [6, 6.07) is 15.4. The third-order valence-corrected chi connectivity index (χ3v) is 6.77. The van der Waals surface area contributed by atoms with E-state index in [1.165, 1.54) is 0 Å². The molecule has 0 aliphatic carbocycles. The maximum absolute atomic E-state index is 13.9. The Bertz CT molecular complexity index is 1420. The van der Waals surface area contributed by atoms with E-state index in [1.54, 1.807) is 73.1 Å². The van der Waals surface area contributed by atoms with Gasteiger partial charge in [0.2, 0.25) is 17.7 Å². The number of amidine groups is 1. The molecule has 3 aromatic rings. The van der Waals surface area contributed by atoms with E-state index in [2.05, 4.69) is 20.6 Å². The van der Waals surface area contributed by atoms with Gasteiger partial charge in [-0.15, -0.1) is 0 Å². The third kappa shape index (κ3) is 10.1. The Morgan fingerprint density at radius 2 is 1.47 bits per heavy atom. The van der Waals surface area contributed by atoms with E-state index in [-0.39, 0.29) is 31.2 Å². The quantitative estimate of drug-likeness (QED) is 0.0520. The molecule has 0 spiro atoms. The number of anilines is 1. The van der Waals surface area contributed by atoms with Crippen LogP contribution in [-0.4, -0.2) is 53.1 Å². The molecule has 13 N–H and O–H groups in total. The lowest BCUT2D eigenvalue weighted by atomic mass is 9.91. The SMILES string of the molecule is N=C(N)c1ccc(CC(C(=O)N[C@@H](Cc2ccc(N)cc2)C(=O)N[C@@H](CCCN=C(N)N)C(N)=O)c2cccnc2)cc1. The van der Waals surface area contributed by atoms with Gasteiger partial charge in [0.15, 0.2) is 5.96 Å². The van der Waals surface area contributed by atoms with Crippen molar-refractivity contribution in [3.8, 4) is 0 Å². The van der Waals surface area contributed by atoms with Crippen LogP contribution in [0, 0.1) is 5.41 Å². The van der Waals surface area contributed by atoms with E-state index in [1.807, 2.05) is 0 Å². The minimum atomic E-state index is -1.05. The van der Waals surface area contributed by atoms with Gasteiger partial charge >= 0.3 is 0 Å². The molecule has 1 heterocycles. The van der Waals surface area contributed by atoms with Gasteiger partial charge in [-0.3, -0.25) is 29.8 Å². The molecular weight excluding hydrogens is 548 g/mol. The maximum Gasteiger partial charge on any atom is 0.243 e. The highest BCUT2D eigenvalue weighted by Crippen LogP contribution is 2.22. The van der Waals surface area contributed by atoms with Crippen molar-refractivity contribution in [2.24, 2.45) is 27.9 Å². The molecule has 1 aromatic heterocycles. The van der Waals surface area contributed by atoms with Crippen LogP contribution in [0.25, 0.3) is 0 Å². The molecule has 0 fully saturated rings. The van der Waals surface area contributed by atoms with Gasteiger partial charge in [0.25, 0.3) is 0 Å². The number of aromatic nitrogens is 1. The van der Waals surface area contributed by atoms with E-state index < -0.39 is 35.7 Å². The Morgan fingerprint density at radius 1 is 0.837 bits per heavy atom. The minimum Gasteiger partial charge on any atom is -0.399 e. The summed E-state index contributed by atoms with van der Waals surface area (Å²) in [4.78, 5) is 47.6. The summed E-state index contributed by atoms with van der Waals surface area (Å²) >= 11 is 0. The Hall–Kier alpha value is -5.46. The first-order valence-electron chi connectivity index (χ1n) is 13.7. The van der Waals surface area contributed by atoms with Gasteiger partial charge in [0.1, 0.15) is 17.9 Å². The van der Waals surface area contributed by atoms with Crippen molar-refractivity contribution >= 4 is 35.2 Å². The summed E-state index contributed by atoms with van der Waals surface area (Å²) < 4.78 is 0. The van der Waals surface area contributed by atoms with E-state index in [0.717, 1.165) is 11.1 Å². The standard InChI is InChI=1S/C30H38N10O3/c31-22-11-7-19(8-12-22)16-25(29(43)39-24(27(34)41)4-2-14-38-30(35)36)40-28(42)23(21-3-1-13-37-17-21)15-18-5-9-20(10-6-18)26(32)33/h1,3,5-13,17,23-25H,2,4,14-16,31H2,(H3,32,33)(H2,34,41)(H,39,43)(H,40,42)(H4,35,36,38)/t23?,24-,25-/m0/s1. The first-order chi connectivity index (χ1) is 20.5. The molecule has 3 amide bonds. The number of nitrogens with zero attached hydrogens (tertiary/aromatic N) is 2. The number of primary amides is 1. The third-order valence-electron chi connectivity index (χ3n) is 6.77. The van der Waals surface area contributed by atoms with E-state index in [4.69, 9.17) is 34.1 Å². The summed E-state index contributed by atoms with van der Waals surface area (Å²) in [6.45, 7) is 0.258. The summed E-state index contributed by atoms with van der Waals surface area (Å²) in [6.07, 6.45) is 4.23. The van der Waals surface area contributed by atoms with Crippen LogP contribution in [0.5, 0.6) is 0 Å². The van der Waals surface area contributed by atoms with Crippen molar-refractivity contribution in [2.75, 3.05) is 12.3 Å². The minimum absolute atomic E-state index is 0.0601. The molecule has 0 aliphatic rings. The summed E-state index contributed by atoms with van der Waals surface area (Å²) in [5.74, 6) is -2.56. The van der Waals surface area contributed by atoms with Crippen molar-refractivity contribution in [3.05, 3.63) is 95.3 Å². The number of carbonyl (C=O) groups is 3. The lowest BCUT2D eigenvalue weighted by Crippen LogP contribution is -2.54. The molecule has 0 saturated heterocycles. The molecular formula is C30H38N10O3. The predicted molar refractivity (Wildman–Crippen MR) is 166 cm³/mol. The monoisotopic (exact) mass is 586 g/mol. The average Bonchev–Trinajstić information content (AvgIpc) is 2.98. The number of carbonyl (C=O) groups excluding carboxylic acids is 3. The van der Waals surface area contributed by atoms with Gasteiger partial charge < -0.3 is 39.3 Å². The fourth-order valence-corrected chi connectivity index (χ4v) is 4.43. The number of guanidine groups is 1. The number of nitrogens with one attached hydrogen (secondary N) is 3. The van der Waals surface area contributed by atoms with Crippen LogP contribution in [0.1, 0.15) is 41.0 Å². The zero-order valence-electron chi connectivity index (χ0n) is 23.7. The molecule has 3 rings (SSSR count). The summed E-state index contributed by atoms with van der Waals surface area (Å²) in [5, 5.41) is 13.2. The molecule has 13 nitrogen and oxygen atoms in total. The van der Waals surface area contributed by atoms with Crippen molar-refractivity contribution in [1.29, 1.82) is 5.41 Å². The highest BCUT2D eigenvalue weighted by molar-refractivity contribution is 5.95. The summed E-state index contributed by atoms with van der Waals surface area (Å²) in [5.41, 5.74) is 31.0. The van der Waals surface area contributed by atoms with Crippen LogP contribution >= 0.6 is 0 Å². The van der Waals surface area contributed by atoms with Crippen molar-refractivity contribution in [2.45, 2.75) is 43.7 Å². The molecule has 3 atom stereocenters. The van der Waals surface area contributed by atoms with Crippen LogP contribution in [0.3, 0.4) is 0 Å². The van der Waals surface area contributed by atoms with Gasteiger partial charge in [0, 0.05) is 36.6 Å². The number of amides is 3. The van der Waals surface area contributed by atoms with Crippen LogP contribution in [0.15, 0.2) is 78.0 Å². The predicted octanol–water partition coefficient (Wildman–Crippen LogP) is 0.0254. The number of rotatable bonds is 15. The number of aliphatic imine (C=N–C) groups is 1. The zero-order valence-corrected chi connectivity index (χ0v) is 23.7. The molecule has 226 valence electrons. The van der Waals surface area contributed by atoms with E-state index >= 15 is 0 Å². The van der Waals surface area contributed by atoms with Crippen LogP contribution < -0.4 is 39.3 Å². The number of nitrogens with two attached hydrogens (primary N) is 5. The fourth-order valence-electron chi connectivity index (χ4n) is 4.43. The topological polar surface area (TPSA) is 254 Å². The molecule has 0 radical (unpaired) electrons. The number of hydrogen-bond donors (Lipinski definition) is 8. The lowest BCUT2D eigenvalue weighted by molar-refractivity contribution is -0.131. The normalized spacial score (nSPS) is 12.7. The first kappa shape index (κ1) is 32.1. The smallest absolute Gasteiger partial charge is 0.243 e. The summed E-state index contributed by atoms with van der Waals surface area (Å²) in [7, 11) is 0. The van der Waals surface area contributed by atoms with Crippen molar-refractivity contribution < 1.29 is 14.4 Å². The molecule has 0 aliphatic heterocycles. The van der Waals surface area contributed by atoms with Gasteiger partial charge in [-0.2, -0.15) is 0 Å². The van der Waals surface area contributed by atoms with Crippen molar-refractivity contribution in [3.63, 3.8) is 0 Å². The van der Waals surface area contributed by atoms with Gasteiger partial charge in [-0.25, -0.2) is 0 Å². The first-order valence-corrected chi connectivity index (χ1v) is 13.7. The number of pyridine rings is 1. The second kappa shape index (κ2) is 15.5. The highest BCUT2D eigenvalue weighted by atomic mass is 16.2. The molecule has 2 aromatic carbocycles.